The van der Waals surface area contributed by atoms with E-state index >= 15 is 0 Å². The zero-order valence-corrected chi connectivity index (χ0v) is 16.4. The number of thiazole rings is 1. The Kier molecular flexibility index (Phi) is 4.92. The molecule has 0 saturated heterocycles. The van der Waals surface area contributed by atoms with Crippen molar-refractivity contribution in [2.45, 2.75) is 19.8 Å². The molecule has 0 aliphatic heterocycles. The molecular formula is C21H19N3O3S. The molecule has 0 amide bonds. The molecule has 0 spiro atoms. The zero-order chi connectivity index (χ0) is 19.7. The number of hydrogen-bond donors (Lipinski definition) is 1. The van der Waals surface area contributed by atoms with Crippen molar-refractivity contribution in [1.82, 2.24) is 15.0 Å². The molecule has 28 heavy (non-hydrogen) atoms. The number of ether oxygens (including phenoxy) is 1. The smallest absolute Gasteiger partial charge is 0.337 e. The van der Waals surface area contributed by atoms with E-state index in [4.69, 9.17) is 9.72 Å². The highest BCUT2D eigenvalue weighted by Gasteiger charge is 2.22. The lowest BCUT2D eigenvalue weighted by atomic mass is 9.93. The van der Waals surface area contributed by atoms with Crippen LogP contribution < -0.4 is 0 Å². The van der Waals surface area contributed by atoms with Crippen LogP contribution in [0.4, 0.5) is 0 Å². The molecule has 1 unspecified atom stereocenters. The monoisotopic (exact) mass is 393 g/mol. The van der Waals surface area contributed by atoms with Gasteiger partial charge in [-0.25, -0.2) is 14.8 Å². The number of aromatic amines is 1. The lowest BCUT2D eigenvalue weighted by Crippen LogP contribution is -2.12. The van der Waals surface area contributed by atoms with Crippen molar-refractivity contribution in [2.75, 3.05) is 7.11 Å². The maximum absolute atomic E-state index is 12.8. The summed E-state index contributed by atoms with van der Waals surface area (Å²) < 4.78 is 4.87. The van der Waals surface area contributed by atoms with Gasteiger partial charge in [-0.15, -0.1) is 11.3 Å². The quantitative estimate of drug-likeness (QED) is 0.675. The molecule has 1 aliphatic rings. The van der Waals surface area contributed by atoms with Gasteiger partial charge in [0.25, 0.3) is 0 Å². The molecule has 1 aliphatic carbocycles. The Labute approximate surface area is 166 Å². The first kappa shape index (κ1) is 18.3. The maximum Gasteiger partial charge on any atom is 0.337 e. The number of allylic oxidation sites excluding steroid dienone is 2. The lowest BCUT2D eigenvalue weighted by Gasteiger charge is -2.13. The number of H-pyrrole nitrogens is 1. The molecular weight excluding hydrogens is 374 g/mol. The highest BCUT2D eigenvalue weighted by molar-refractivity contribution is 7.11. The number of fused-ring (bicyclic) bond motifs is 1. The third-order valence-corrected chi connectivity index (χ3v) is 5.65. The van der Waals surface area contributed by atoms with Crippen molar-refractivity contribution in [2.24, 2.45) is 5.92 Å². The van der Waals surface area contributed by atoms with E-state index in [1.165, 1.54) is 18.4 Å². The first-order valence-electron chi connectivity index (χ1n) is 9.00. The Balaban J connectivity index is 1.77. The fourth-order valence-electron chi connectivity index (χ4n) is 3.28. The van der Waals surface area contributed by atoms with E-state index in [0.29, 0.717) is 29.0 Å². The second-order valence-electron chi connectivity index (χ2n) is 6.75. The third-order valence-electron chi connectivity index (χ3n) is 4.77. The van der Waals surface area contributed by atoms with E-state index < -0.39 is 5.97 Å². The summed E-state index contributed by atoms with van der Waals surface area (Å²) in [6.07, 6.45) is 8.18. The fraction of sp³-hybridized carbons (Fsp3) is 0.238. The molecule has 3 aromatic rings. The molecule has 6 nitrogen and oxygen atoms in total. The molecule has 7 heteroatoms. The summed E-state index contributed by atoms with van der Waals surface area (Å²) in [6, 6.07) is 3.86. The fourth-order valence-corrected chi connectivity index (χ4v) is 4.14. The van der Waals surface area contributed by atoms with Crippen LogP contribution in [0, 0.1) is 5.92 Å². The van der Waals surface area contributed by atoms with Crippen molar-refractivity contribution in [1.29, 1.82) is 0 Å². The predicted octanol–water partition coefficient (Wildman–Crippen LogP) is 4.17. The van der Waals surface area contributed by atoms with Crippen molar-refractivity contribution in [3.05, 3.63) is 52.6 Å². The Morgan fingerprint density at radius 3 is 3.07 bits per heavy atom. The molecule has 0 saturated carbocycles. The van der Waals surface area contributed by atoms with Crippen LogP contribution in [0.25, 0.3) is 27.9 Å². The van der Waals surface area contributed by atoms with Gasteiger partial charge in [0.2, 0.25) is 0 Å². The van der Waals surface area contributed by atoms with Gasteiger partial charge >= 0.3 is 5.97 Å². The van der Waals surface area contributed by atoms with E-state index in [-0.39, 0.29) is 11.7 Å². The van der Waals surface area contributed by atoms with Crippen molar-refractivity contribution < 1.29 is 14.3 Å². The second-order valence-corrected chi connectivity index (χ2v) is 7.61. The molecule has 0 fully saturated rings. The first-order chi connectivity index (χ1) is 13.6. The number of Topliss-reactive ketones (excluding diaryl/α,β-unsaturated/α-hetero) is 1. The minimum absolute atomic E-state index is 0.0113. The van der Waals surface area contributed by atoms with Gasteiger partial charge in [0.05, 0.1) is 23.9 Å². The molecule has 3 aromatic heterocycles. The van der Waals surface area contributed by atoms with Gasteiger partial charge in [-0.3, -0.25) is 4.79 Å². The topological polar surface area (TPSA) is 84.9 Å². The van der Waals surface area contributed by atoms with Gasteiger partial charge in [-0.2, -0.15) is 0 Å². The molecule has 1 atom stereocenters. The van der Waals surface area contributed by atoms with Crippen molar-refractivity contribution in [3.8, 4) is 11.3 Å². The summed E-state index contributed by atoms with van der Waals surface area (Å²) in [6.45, 7) is 1.99. The first-order valence-corrected chi connectivity index (χ1v) is 9.88. The Hall–Kier alpha value is -3.06. The number of pyridine rings is 1. The predicted molar refractivity (Wildman–Crippen MR) is 109 cm³/mol. The van der Waals surface area contributed by atoms with E-state index in [2.05, 4.69) is 9.97 Å². The summed E-state index contributed by atoms with van der Waals surface area (Å²) in [5.41, 5.74) is 3.34. The van der Waals surface area contributed by atoms with E-state index in [1.807, 2.05) is 36.7 Å². The number of aromatic nitrogens is 3. The molecule has 142 valence electrons. The van der Waals surface area contributed by atoms with Crippen LogP contribution >= 0.6 is 11.3 Å². The molecule has 4 rings (SSSR count). The number of carbonyl (C=O) groups excluding carboxylic acids is 2. The van der Waals surface area contributed by atoms with Gasteiger partial charge < -0.3 is 9.72 Å². The minimum atomic E-state index is -0.446. The van der Waals surface area contributed by atoms with Crippen LogP contribution in [0.15, 0.2) is 47.6 Å². The summed E-state index contributed by atoms with van der Waals surface area (Å²) >= 11 is 1.39. The van der Waals surface area contributed by atoms with Gasteiger partial charge in [-0.1, -0.05) is 13.0 Å². The molecule has 0 bridgehead atoms. The Morgan fingerprint density at radius 1 is 1.39 bits per heavy atom. The number of hydrogen-bond acceptors (Lipinski definition) is 6. The van der Waals surface area contributed by atoms with Crippen LogP contribution in [-0.4, -0.2) is 33.8 Å². The van der Waals surface area contributed by atoms with Gasteiger partial charge in [0.1, 0.15) is 10.7 Å². The number of ketones is 1. The van der Waals surface area contributed by atoms with Crippen LogP contribution in [-0.2, 0) is 14.3 Å². The normalized spacial score (nSPS) is 21.4. The number of rotatable bonds is 3. The lowest BCUT2D eigenvalue weighted by molar-refractivity contribution is -0.135. The standard InChI is InChI=1S/C21H19N3O3S/c1-12-5-6-18(25)15(9-13(8-12)21(26)27-2)20-24-17(11-28-20)16-10-23-19-14(16)4-3-7-22-19/h3-4,7-12H,5-6H2,1-2H3,(H,22,23)/b13-8+,15-9+. The molecule has 1 N–H and O–H groups in total. The van der Waals surface area contributed by atoms with E-state index in [1.54, 1.807) is 12.3 Å². The summed E-state index contributed by atoms with van der Waals surface area (Å²) in [4.78, 5) is 37.0. The Bertz CT molecular complexity index is 1120. The van der Waals surface area contributed by atoms with Crippen LogP contribution in [0.3, 0.4) is 0 Å². The second kappa shape index (κ2) is 7.52. The van der Waals surface area contributed by atoms with Crippen LogP contribution in [0.2, 0.25) is 0 Å². The summed E-state index contributed by atoms with van der Waals surface area (Å²) in [5, 5.41) is 3.49. The number of carbonyl (C=O) groups is 2. The largest absolute Gasteiger partial charge is 0.465 e. The van der Waals surface area contributed by atoms with Gasteiger partial charge in [0, 0.05) is 35.1 Å². The maximum atomic E-state index is 12.8. The number of esters is 1. The van der Waals surface area contributed by atoms with E-state index in [9.17, 15) is 9.59 Å². The number of methoxy groups -OCH3 is 1. The van der Waals surface area contributed by atoms with Crippen molar-refractivity contribution >= 4 is 39.7 Å². The number of nitrogens with one attached hydrogen (secondary N) is 1. The highest BCUT2D eigenvalue weighted by atomic mass is 32.1. The van der Waals surface area contributed by atoms with Gasteiger partial charge in [-0.05, 0) is 30.5 Å². The summed E-state index contributed by atoms with van der Waals surface area (Å²) in [5.74, 6) is -0.331. The average molecular weight is 393 g/mol. The van der Waals surface area contributed by atoms with E-state index in [0.717, 1.165) is 22.3 Å². The minimum Gasteiger partial charge on any atom is -0.465 e. The van der Waals surface area contributed by atoms with Crippen LogP contribution in [0.5, 0.6) is 0 Å². The average Bonchev–Trinajstić information content (AvgIpc) is 3.34. The zero-order valence-electron chi connectivity index (χ0n) is 15.6. The van der Waals surface area contributed by atoms with Gasteiger partial charge in [0.15, 0.2) is 5.78 Å². The molecule has 3 heterocycles. The highest BCUT2D eigenvalue weighted by Crippen LogP contribution is 2.33. The van der Waals surface area contributed by atoms with Crippen LogP contribution in [0.1, 0.15) is 24.8 Å². The molecule has 0 aromatic carbocycles. The van der Waals surface area contributed by atoms with Crippen molar-refractivity contribution in [3.63, 3.8) is 0 Å². The SMILES string of the molecule is COC(=O)C1=C/C(C)CCC(=O)/C(c2nc(-c3c[nH]c4ncccc34)cs2)=C\1. The molecule has 0 radical (unpaired) electrons. The number of nitrogens with zero attached hydrogens (tertiary/aromatic N) is 2. The third kappa shape index (κ3) is 3.41. The Morgan fingerprint density at radius 2 is 2.25 bits per heavy atom. The summed E-state index contributed by atoms with van der Waals surface area (Å²) in [7, 11) is 1.34.